The van der Waals surface area contributed by atoms with E-state index >= 15 is 0 Å². The van der Waals surface area contributed by atoms with Gasteiger partial charge in [0, 0.05) is 13.0 Å². The number of anilines is 1. The average molecular weight is 410 g/mol. The van der Waals surface area contributed by atoms with Gasteiger partial charge in [0.1, 0.15) is 0 Å². The van der Waals surface area contributed by atoms with Crippen molar-refractivity contribution in [3.8, 4) is 11.8 Å². The normalized spacial score (nSPS) is 13.7. The van der Waals surface area contributed by atoms with Crippen molar-refractivity contribution in [1.29, 1.82) is 0 Å². The fourth-order valence-electron chi connectivity index (χ4n) is 2.45. The van der Waals surface area contributed by atoms with E-state index in [9.17, 15) is 18.0 Å². The topological polar surface area (TPSA) is 154 Å². The lowest BCUT2D eigenvalue weighted by Gasteiger charge is -2.10. The second kappa shape index (κ2) is 7.42. The zero-order valence-corrected chi connectivity index (χ0v) is 16.1. The van der Waals surface area contributed by atoms with Crippen LogP contribution in [-0.4, -0.2) is 54.2 Å². The van der Waals surface area contributed by atoms with Crippen molar-refractivity contribution in [3.05, 3.63) is 17.8 Å². The fraction of sp³-hybridized carbons (Fsp3) is 0.400. The maximum Gasteiger partial charge on any atom is 0.335 e. The third-order valence-corrected chi connectivity index (χ3v) is 5.35. The molecule has 0 saturated heterocycles. The number of hydrogen-bond acceptors (Lipinski definition) is 9. The van der Waals surface area contributed by atoms with E-state index < -0.39 is 16.1 Å². The molecular formula is C15H18N6O6S. The zero-order valence-electron chi connectivity index (χ0n) is 15.3. The van der Waals surface area contributed by atoms with Crippen molar-refractivity contribution in [2.24, 2.45) is 13.0 Å². The van der Waals surface area contributed by atoms with E-state index in [4.69, 9.17) is 9.47 Å². The van der Waals surface area contributed by atoms with Gasteiger partial charge in [-0.05, 0) is 12.8 Å². The van der Waals surface area contributed by atoms with Gasteiger partial charge in [0.15, 0.2) is 10.8 Å². The van der Waals surface area contributed by atoms with Crippen molar-refractivity contribution in [2.75, 3.05) is 19.5 Å². The number of ketones is 1. The number of Topliss-reactive ketones (excluding diaryl/α,β-unsaturated/α-hetero) is 1. The summed E-state index contributed by atoms with van der Waals surface area (Å²) < 4.78 is 38.1. The molecule has 0 aromatic carbocycles. The van der Waals surface area contributed by atoms with E-state index in [0.717, 1.165) is 4.68 Å². The molecule has 2 aromatic rings. The Labute approximate surface area is 160 Å². The average Bonchev–Trinajstić information content (AvgIpc) is 3.41. The van der Waals surface area contributed by atoms with Gasteiger partial charge >= 0.3 is 6.03 Å². The number of carbonyl (C=O) groups is 2. The number of carbonyl (C=O) groups excluding carboxylic acids is 2. The van der Waals surface area contributed by atoms with Crippen LogP contribution in [0.2, 0.25) is 0 Å². The first kappa shape index (κ1) is 19.5. The maximum atomic E-state index is 12.7. The van der Waals surface area contributed by atoms with Crippen LogP contribution in [0.1, 0.15) is 23.2 Å². The summed E-state index contributed by atoms with van der Waals surface area (Å²) in [7, 11) is -0.297. The van der Waals surface area contributed by atoms with Crippen molar-refractivity contribution < 1.29 is 27.5 Å². The second-order valence-electron chi connectivity index (χ2n) is 5.96. The number of nitrogens with zero attached hydrogens (tertiary/aromatic N) is 4. The van der Waals surface area contributed by atoms with Gasteiger partial charge in [0.2, 0.25) is 17.7 Å². The third-order valence-electron chi connectivity index (χ3n) is 3.90. The molecule has 1 aliphatic carbocycles. The van der Waals surface area contributed by atoms with E-state index in [1.54, 1.807) is 0 Å². The van der Waals surface area contributed by atoms with Gasteiger partial charge in [0.25, 0.3) is 10.0 Å². The zero-order chi connectivity index (χ0) is 20.5. The smallest absolute Gasteiger partial charge is 0.335 e. The number of urea groups is 1. The van der Waals surface area contributed by atoms with Crippen molar-refractivity contribution in [2.45, 2.75) is 17.9 Å². The van der Waals surface area contributed by atoms with Gasteiger partial charge in [0.05, 0.1) is 32.0 Å². The van der Waals surface area contributed by atoms with E-state index in [1.807, 2.05) is 4.72 Å². The van der Waals surface area contributed by atoms with Gasteiger partial charge < -0.3 is 9.47 Å². The molecule has 0 radical (unpaired) electrons. The van der Waals surface area contributed by atoms with Crippen LogP contribution in [0.4, 0.5) is 10.7 Å². The van der Waals surface area contributed by atoms with Crippen molar-refractivity contribution >= 4 is 27.8 Å². The van der Waals surface area contributed by atoms with Crippen LogP contribution in [0.5, 0.6) is 11.8 Å². The minimum atomic E-state index is -4.38. The predicted octanol–water partition coefficient (Wildman–Crippen LogP) is 0.330. The fourth-order valence-corrected chi connectivity index (χ4v) is 3.68. The number of aryl methyl sites for hydroxylation is 1. The van der Waals surface area contributed by atoms with Crippen LogP contribution in [0.25, 0.3) is 0 Å². The number of methoxy groups -OCH3 is 2. The summed E-state index contributed by atoms with van der Waals surface area (Å²) in [5, 5.41) is 5.64. The monoisotopic (exact) mass is 410 g/mol. The summed E-state index contributed by atoms with van der Waals surface area (Å²) in [6.45, 7) is 0. The standard InChI is InChI=1S/C15H18N6O6S/c1-21-13(9(7-16-21)12(22)8-4-5-8)28(24,25)20-15(23)19-14-17-10(26-2)6-11(18-14)27-3/h6-8H,4-5H2,1-3H3,(H2,17,18,19,20,23). The summed E-state index contributed by atoms with van der Waals surface area (Å²) in [6, 6.07) is 0.256. The summed E-state index contributed by atoms with van der Waals surface area (Å²) in [6.07, 6.45) is 2.59. The quantitative estimate of drug-likeness (QED) is 0.614. The number of aromatic nitrogens is 4. The lowest BCUT2D eigenvalue weighted by atomic mass is 10.1. The molecule has 2 heterocycles. The van der Waals surface area contributed by atoms with Crippen LogP contribution in [0, 0.1) is 5.92 Å². The summed E-state index contributed by atoms with van der Waals surface area (Å²) in [4.78, 5) is 32.2. The van der Waals surface area contributed by atoms with Gasteiger partial charge in [-0.25, -0.2) is 9.52 Å². The number of nitrogens with one attached hydrogen (secondary N) is 2. The highest BCUT2D eigenvalue weighted by Gasteiger charge is 2.36. The van der Waals surface area contributed by atoms with Crippen LogP contribution in [0.3, 0.4) is 0 Å². The molecule has 0 atom stereocenters. The lowest BCUT2D eigenvalue weighted by Crippen LogP contribution is -2.36. The lowest BCUT2D eigenvalue weighted by molar-refractivity contribution is 0.0964. The molecule has 0 unspecified atom stereocenters. The van der Waals surface area contributed by atoms with Crippen LogP contribution >= 0.6 is 0 Å². The molecule has 2 aromatic heterocycles. The van der Waals surface area contributed by atoms with Crippen LogP contribution < -0.4 is 19.5 Å². The molecule has 12 nitrogen and oxygen atoms in total. The predicted molar refractivity (Wildman–Crippen MR) is 94.7 cm³/mol. The first-order chi connectivity index (χ1) is 13.2. The minimum absolute atomic E-state index is 0.0513. The number of ether oxygens (including phenoxy) is 2. The molecule has 1 fully saturated rings. The molecular weight excluding hydrogens is 392 g/mol. The molecule has 0 bridgehead atoms. The first-order valence-corrected chi connectivity index (χ1v) is 9.60. The Hall–Kier alpha value is -3.22. The Bertz CT molecular complexity index is 1010. The summed E-state index contributed by atoms with van der Waals surface area (Å²) >= 11 is 0. The second-order valence-corrected chi connectivity index (χ2v) is 7.56. The van der Waals surface area contributed by atoms with E-state index in [-0.39, 0.29) is 40.0 Å². The van der Waals surface area contributed by atoms with Crippen molar-refractivity contribution in [1.82, 2.24) is 24.5 Å². The largest absolute Gasteiger partial charge is 0.481 e. The highest BCUT2D eigenvalue weighted by Crippen LogP contribution is 2.34. The van der Waals surface area contributed by atoms with Crippen molar-refractivity contribution in [3.63, 3.8) is 0 Å². The maximum absolute atomic E-state index is 12.7. The molecule has 1 saturated carbocycles. The SMILES string of the molecule is COc1cc(OC)nc(NC(=O)NS(=O)(=O)c2c(C(=O)C3CC3)cnn2C)n1. The van der Waals surface area contributed by atoms with Gasteiger partial charge in [-0.2, -0.15) is 23.5 Å². The molecule has 1 aliphatic rings. The number of rotatable bonds is 7. The third kappa shape index (κ3) is 4.03. The Morgan fingerprint density at radius 2 is 1.79 bits per heavy atom. The van der Waals surface area contributed by atoms with E-state index in [2.05, 4.69) is 20.4 Å². The number of amides is 2. The van der Waals surface area contributed by atoms with Gasteiger partial charge in [-0.15, -0.1) is 0 Å². The Balaban J connectivity index is 1.81. The van der Waals surface area contributed by atoms with Gasteiger partial charge in [-0.1, -0.05) is 0 Å². The first-order valence-electron chi connectivity index (χ1n) is 8.12. The summed E-state index contributed by atoms with van der Waals surface area (Å²) in [5.74, 6) is -0.537. The number of sulfonamides is 1. The van der Waals surface area contributed by atoms with Crippen LogP contribution in [0.15, 0.2) is 17.3 Å². The van der Waals surface area contributed by atoms with E-state index in [0.29, 0.717) is 12.8 Å². The molecule has 2 amide bonds. The molecule has 0 spiro atoms. The van der Waals surface area contributed by atoms with Crippen LogP contribution in [-0.2, 0) is 17.1 Å². The minimum Gasteiger partial charge on any atom is -0.481 e. The Morgan fingerprint density at radius 3 is 2.32 bits per heavy atom. The molecule has 28 heavy (non-hydrogen) atoms. The summed E-state index contributed by atoms with van der Waals surface area (Å²) in [5.41, 5.74) is -0.0513. The molecule has 13 heteroatoms. The number of hydrogen-bond donors (Lipinski definition) is 2. The molecule has 150 valence electrons. The molecule has 0 aliphatic heterocycles. The highest BCUT2D eigenvalue weighted by atomic mass is 32.2. The Morgan fingerprint density at radius 1 is 1.18 bits per heavy atom. The highest BCUT2D eigenvalue weighted by molar-refractivity contribution is 7.90. The molecule has 2 N–H and O–H groups in total. The Kier molecular flexibility index (Phi) is 5.18. The van der Waals surface area contributed by atoms with E-state index in [1.165, 1.54) is 33.5 Å². The van der Waals surface area contributed by atoms with Gasteiger partial charge in [-0.3, -0.25) is 14.8 Å². The molecule has 3 rings (SSSR count).